The highest BCUT2D eigenvalue weighted by atomic mass is 16.5. The summed E-state index contributed by atoms with van der Waals surface area (Å²) >= 11 is 0. The van der Waals surface area contributed by atoms with Gasteiger partial charge in [0.2, 0.25) is 0 Å². The minimum atomic E-state index is -0.126. The Bertz CT molecular complexity index is 263. The Labute approximate surface area is 105 Å². The van der Waals surface area contributed by atoms with Crippen LogP contribution in [-0.2, 0) is 9.53 Å². The first-order valence-corrected chi connectivity index (χ1v) is 6.72. The number of carbonyl (C=O) groups excluding carboxylic acids is 1. The highest BCUT2D eigenvalue weighted by molar-refractivity contribution is 5.72. The van der Waals surface area contributed by atoms with Crippen LogP contribution in [0.25, 0.3) is 0 Å². The Morgan fingerprint density at radius 1 is 1.35 bits per heavy atom. The van der Waals surface area contributed by atoms with Crippen molar-refractivity contribution >= 4 is 5.97 Å². The summed E-state index contributed by atoms with van der Waals surface area (Å²) in [6.07, 6.45) is 5.10. The summed E-state index contributed by atoms with van der Waals surface area (Å²) in [6.45, 7) is 8.64. The summed E-state index contributed by atoms with van der Waals surface area (Å²) in [7, 11) is 1.45. The zero-order chi connectivity index (χ0) is 13.1. The molecule has 3 nitrogen and oxygen atoms in total. The van der Waals surface area contributed by atoms with Crippen LogP contribution in [0, 0.1) is 11.3 Å². The molecule has 3 heteroatoms. The summed E-state index contributed by atoms with van der Waals surface area (Å²) < 4.78 is 4.80. The van der Waals surface area contributed by atoms with Gasteiger partial charge in [-0.3, -0.25) is 4.79 Å². The summed E-state index contributed by atoms with van der Waals surface area (Å²) in [4.78, 5) is 11.5. The lowest BCUT2D eigenvalue weighted by Crippen LogP contribution is -2.50. The van der Waals surface area contributed by atoms with Gasteiger partial charge in [-0.1, -0.05) is 33.6 Å². The van der Waals surface area contributed by atoms with E-state index in [9.17, 15) is 4.79 Å². The van der Waals surface area contributed by atoms with Crippen molar-refractivity contribution in [3.8, 4) is 0 Å². The average molecular weight is 241 g/mol. The lowest BCUT2D eigenvalue weighted by atomic mass is 9.73. The van der Waals surface area contributed by atoms with Crippen molar-refractivity contribution in [2.45, 2.75) is 65.5 Å². The van der Waals surface area contributed by atoms with Crippen LogP contribution in [0.15, 0.2) is 0 Å². The lowest BCUT2D eigenvalue weighted by Gasteiger charge is -2.41. The predicted octanol–water partition coefficient (Wildman–Crippen LogP) is 2.74. The van der Waals surface area contributed by atoms with Gasteiger partial charge in [-0.2, -0.15) is 0 Å². The van der Waals surface area contributed by atoms with E-state index in [4.69, 9.17) is 4.74 Å². The molecule has 1 N–H and O–H groups in total. The maximum absolute atomic E-state index is 11.5. The van der Waals surface area contributed by atoms with Gasteiger partial charge in [-0.05, 0) is 25.2 Å². The molecule has 0 amide bonds. The van der Waals surface area contributed by atoms with Crippen molar-refractivity contribution in [1.82, 2.24) is 5.32 Å². The number of carbonyl (C=O) groups is 1. The monoisotopic (exact) mass is 241 g/mol. The number of methoxy groups -OCH3 is 1. The molecular formula is C14H27NO2. The molecule has 1 rings (SSSR count). The third kappa shape index (κ3) is 3.70. The Balaban J connectivity index is 2.55. The fraction of sp³-hybridized carbons (Fsp3) is 0.929. The minimum absolute atomic E-state index is 0.0854. The SMILES string of the molecule is COC(=O)C(C)C(C)NC1CCCCC1(C)C. The smallest absolute Gasteiger partial charge is 0.309 e. The maximum Gasteiger partial charge on any atom is 0.309 e. The molecular weight excluding hydrogens is 214 g/mol. The zero-order valence-corrected chi connectivity index (χ0v) is 11.9. The summed E-state index contributed by atoms with van der Waals surface area (Å²) in [5.41, 5.74) is 0.336. The molecule has 0 spiro atoms. The van der Waals surface area contributed by atoms with Gasteiger partial charge in [0.1, 0.15) is 0 Å². The van der Waals surface area contributed by atoms with E-state index in [1.807, 2.05) is 6.92 Å². The van der Waals surface area contributed by atoms with Crippen LogP contribution in [0.3, 0.4) is 0 Å². The van der Waals surface area contributed by atoms with E-state index in [0.29, 0.717) is 11.5 Å². The topological polar surface area (TPSA) is 38.3 Å². The normalized spacial score (nSPS) is 27.2. The largest absolute Gasteiger partial charge is 0.469 e. The Morgan fingerprint density at radius 3 is 2.53 bits per heavy atom. The first kappa shape index (κ1) is 14.5. The zero-order valence-electron chi connectivity index (χ0n) is 11.9. The van der Waals surface area contributed by atoms with Crippen LogP contribution in [0.4, 0.5) is 0 Å². The molecule has 0 aromatic carbocycles. The molecule has 100 valence electrons. The van der Waals surface area contributed by atoms with E-state index in [1.165, 1.54) is 32.8 Å². The predicted molar refractivity (Wildman–Crippen MR) is 69.8 cm³/mol. The van der Waals surface area contributed by atoms with Gasteiger partial charge in [-0.15, -0.1) is 0 Å². The molecule has 1 aliphatic rings. The number of esters is 1. The Morgan fingerprint density at radius 2 is 2.00 bits per heavy atom. The highest BCUT2D eigenvalue weighted by Crippen LogP contribution is 2.35. The molecule has 0 aromatic rings. The molecule has 1 fully saturated rings. The second kappa shape index (κ2) is 5.85. The standard InChI is InChI=1S/C14H27NO2/c1-10(13(16)17-5)11(2)15-12-8-6-7-9-14(12,3)4/h10-12,15H,6-9H2,1-5H3. The molecule has 0 aromatic heterocycles. The molecule has 17 heavy (non-hydrogen) atoms. The number of hydrogen-bond donors (Lipinski definition) is 1. The van der Waals surface area contributed by atoms with Crippen molar-refractivity contribution in [3.05, 3.63) is 0 Å². The molecule has 0 heterocycles. The number of nitrogens with one attached hydrogen (secondary N) is 1. The van der Waals surface area contributed by atoms with Crippen LogP contribution >= 0.6 is 0 Å². The second-order valence-corrected chi connectivity index (χ2v) is 6.05. The van der Waals surface area contributed by atoms with E-state index >= 15 is 0 Å². The molecule has 3 atom stereocenters. The molecule has 0 aliphatic heterocycles. The van der Waals surface area contributed by atoms with Crippen LogP contribution in [0.5, 0.6) is 0 Å². The van der Waals surface area contributed by atoms with Crippen molar-refractivity contribution in [3.63, 3.8) is 0 Å². The van der Waals surface area contributed by atoms with Crippen LogP contribution in [-0.4, -0.2) is 25.2 Å². The third-order valence-electron chi connectivity index (χ3n) is 4.29. The van der Waals surface area contributed by atoms with Crippen molar-refractivity contribution in [2.75, 3.05) is 7.11 Å². The van der Waals surface area contributed by atoms with E-state index in [2.05, 4.69) is 26.1 Å². The fourth-order valence-corrected chi connectivity index (χ4v) is 2.65. The van der Waals surface area contributed by atoms with Crippen LogP contribution in [0.2, 0.25) is 0 Å². The fourth-order valence-electron chi connectivity index (χ4n) is 2.65. The lowest BCUT2D eigenvalue weighted by molar-refractivity contribution is -0.145. The highest BCUT2D eigenvalue weighted by Gasteiger charge is 2.34. The quantitative estimate of drug-likeness (QED) is 0.769. The maximum atomic E-state index is 11.5. The second-order valence-electron chi connectivity index (χ2n) is 6.05. The van der Waals surface area contributed by atoms with Crippen molar-refractivity contribution in [2.24, 2.45) is 11.3 Å². The summed E-state index contributed by atoms with van der Waals surface area (Å²) in [5, 5.41) is 3.62. The van der Waals surface area contributed by atoms with Gasteiger partial charge in [0.05, 0.1) is 13.0 Å². The number of rotatable bonds is 4. The Kier molecular flexibility index (Phi) is 4.99. The number of ether oxygens (including phenoxy) is 1. The number of hydrogen-bond acceptors (Lipinski definition) is 3. The van der Waals surface area contributed by atoms with Gasteiger partial charge in [-0.25, -0.2) is 0 Å². The van der Waals surface area contributed by atoms with Crippen molar-refractivity contribution in [1.29, 1.82) is 0 Å². The van der Waals surface area contributed by atoms with Crippen molar-refractivity contribution < 1.29 is 9.53 Å². The van der Waals surface area contributed by atoms with Gasteiger partial charge in [0.25, 0.3) is 0 Å². The van der Waals surface area contributed by atoms with E-state index in [0.717, 1.165) is 0 Å². The average Bonchev–Trinajstić information content (AvgIpc) is 2.29. The molecule has 1 saturated carbocycles. The summed E-state index contributed by atoms with van der Waals surface area (Å²) in [6, 6.07) is 0.684. The summed E-state index contributed by atoms with van der Waals surface area (Å²) in [5.74, 6) is -0.212. The van der Waals surface area contributed by atoms with E-state index in [1.54, 1.807) is 0 Å². The molecule has 1 aliphatic carbocycles. The van der Waals surface area contributed by atoms with E-state index < -0.39 is 0 Å². The van der Waals surface area contributed by atoms with Crippen LogP contribution in [0.1, 0.15) is 53.4 Å². The Hall–Kier alpha value is -0.570. The first-order valence-electron chi connectivity index (χ1n) is 6.72. The van der Waals surface area contributed by atoms with Gasteiger partial charge >= 0.3 is 5.97 Å². The van der Waals surface area contributed by atoms with Crippen LogP contribution < -0.4 is 5.32 Å². The van der Waals surface area contributed by atoms with Gasteiger partial charge < -0.3 is 10.1 Å². The molecule has 0 saturated heterocycles. The third-order valence-corrected chi connectivity index (χ3v) is 4.29. The molecule has 0 radical (unpaired) electrons. The minimum Gasteiger partial charge on any atom is -0.469 e. The molecule has 0 bridgehead atoms. The van der Waals surface area contributed by atoms with Gasteiger partial charge in [0.15, 0.2) is 0 Å². The first-order chi connectivity index (χ1) is 7.88. The van der Waals surface area contributed by atoms with E-state index in [-0.39, 0.29) is 17.9 Å². The van der Waals surface area contributed by atoms with Gasteiger partial charge in [0, 0.05) is 12.1 Å². The molecule has 3 unspecified atom stereocenters.